The number of likely N-dealkylation sites (N-methyl/N-ethyl adjacent to an activating group) is 1. The third-order valence-electron chi connectivity index (χ3n) is 2.05. The summed E-state index contributed by atoms with van der Waals surface area (Å²) in [5.74, 6) is 0.0471. The summed E-state index contributed by atoms with van der Waals surface area (Å²) >= 11 is 4.88. The van der Waals surface area contributed by atoms with Gasteiger partial charge in [0, 0.05) is 20.7 Å². The molecule has 0 atom stereocenters. The highest BCUT2D eigenvalue weighted by Crippen LogP contribution is 2.27. The Bertz CT molecular complexity index is 332. The van der Waals surface area contributed by atoms with E-state index >= 15 is 0 Å². The fraction of sp³-hybridized carbons (Fsp3) is 0.500. The van der Waals surface area contributed by atoms with Gasteiger partial charge in [0.15, 0.2) is 0 Å². The lowest BCUT2D eigenvalue weighted by Gasteiger charge is -2.15. The van der Waals surface area contributed by atoms with Crippen LogP contribution < -0.4 is 0 Å². The first kappa shape index (κ1) is 12.7. The number of carbonyl (C=O) groups is 1. The first-order chi connectivity index (χ1) is 7.06. The van der Waals surface area contributed by atoms with Gasteiger partial charge in [0.1, 0.15) is 0 Å². The molecule has 0 aliphatic rings. The van der Waals surface area contributed by atoms with Gasteiger partial charge < -0.3 is 9.64 Å². The highest BCUT2D eigenvalue weighted by molar-refractivity contribution is 9.11. The van der Waals surface area contributed by atoms with E-state index in [-0.39, 0.29) is 5.91 Å². The molecule has 3 nitrogen and oxygen atoms in total. The lowest BCUT2D eigenvalue weighted by molar-refractivity contribution is 0.0749. The van der Waals surface area contributed by atoms with E-state index in [1.54, 1.807) is 19.1 Å². The Kier molecular flexibility index (Phi) is 4.76. The molecular formula is C10H14BrNO2S. The average molecular weight is 292 g/mol. The van der Waals surface area contributed by atoms with Gasteiger partial charge >= 0.3 is 0 Å². The largest absolute Gasteiger partial charge is 0.383 e. The van der Waals surface area contributed by atoms with Crippen molar-refractivity contribution in [3.8, 4) is 0 Å². The number of hydrogen-bond acceptors (Lipinski definition) is 3. The monoisotopic (exact) mass is 291 g/mol. The third-order valence-corrected chi connectivity index (χ3v) is 4.17. The van der Waals surface area contributed by atoms with Crippen LogP contribution in [0.25, 0.3) is 0 Å². The molecule has 0 spiro atoms. The standard InChI is InChI=1S/C10H14BrNO2S/c1-7-6-8(15-9(7)11)10(13)12(2)4-5-14-3/h6H,4-5H2,1-3H3. The van der Waals surface area contributed by atoms with E-state index in [4.69, 9.17) is 4.74 Å². The van der Waals surface area contributed by atoms with Crippen molar-refractivity contribution in [1.29, 1.82) is 0 Å². The second-order valence-electron chi connectivity index (χ2n) is 3.29. The molecule has 1 amide bonds. The van der Waals surface area contributed by atoms with E-state index in [0.717, 1.165) is 14.2 Å². The molecule has 0 aromatic carbocycles. The van der Waals surface area contributed by atoms with E-state index in [9.17, 15) is 4.79 Å². The van der Waals surface area contributed by atoms with Crippen LogP contribution in [0.5, 0.6) is 0 Å². The lowest BCUT2D eigenvalue weighted by atomic mass is 10.3. The summed E-state index contributed by atoms with van der Waals surface area (Å²) in [6.45, 7) is 3.16. The molecule has 5 heteroatoms. The van der Waals surface area contributed by atoms with Gasteiger partial charge in [0.25, 0.3) is 5.91 Å². The summed E-state index contributed by atoms with van der Waals surface area (Å²) in [5, 5.41) is 0. The van der Waals surface area contributed by atoms with Crippen molar-refractivity contribution in [2.24, 2.45) is 0 Å². The molecule has 0 bridgehead atoms. The highest BCUT2D eigenvalue weighted by atomic mass is 79.9. The van der Waals surface area contributed by atoms with E-state index in [1.807, 2.05) is 13.0 Å². The Morgan fingerprint density at radius 2 is 2.33 bits per heavy atom. The van der Waals surface area contributed by atoms with Crippen molar-refractivity contribution in [1.82, 2.24) is 4.90 Å². The molecule has 1 heterocycles. The highest BCUT2D eigenvalue weighted by Gasteiger charge is 2.14. The number of amides is 1. The third kappa shape index (κ3) is 3.29. The molecule has 15 heavy (non-hydrogen) atoms. The van der Waals surface area contributed by atoms with Crippen LogP contribution in [0.2, 0.25) is 0 Å². The number of hydrogen-bond donors (Lipinski definition) is 0. The van der Waals surface area contributed by atoms with Crippen LogP contribution in [0.1, 0.15) is 15.2 Å². The molecule has 1 aromatic rings. The van der Waals surface area contributed by atoms with Crippen molar-refractivity contribution in [2.75, 3.05) is 27.3 Å². The van der Waals surface area contributed by atoms with Crippen LogP contribution in [0.15, 0.2) is 9.85 Å². The molecule has 0 aliphatic carbocycles. The molecule has 84 valence electrons. The van der Waals surface area contributed by atoms with Crippen molar-refractivity contribution in [3.63, 3.8) is 0 Å². The summed E-state index contributed by atoms with van der Waals surface area (Å²) in [6.07, 6.45) is 0. The molecule has 0 saturated heterocycles. The molecule has 0 unspecified atom stereocenters. The molecule has 1 aromatic heterocycles. The summed E-state index contributed by atoms with van der Waals surface area (Å²) < 4.78 is 5.95. The Hall–Kier alpha value is -0.390. The van der Waals surface area contributed by atoms with Crippen LogP contribution in [0.3, 0.4) is 0 Å². The van der Waals surface area contributed by atoms with Gasteiger partial charge in [0.05, 0.1) is 15.3 Å². The minimum atomic E-state index is 0.0471. The zero-order chi connectivity index (χ0) is 11.4. The van der Waals surface area contributed by atoms with Crippen LogP contribution in [-0.2, 0) is 4.74 Å². The Morgan fingerprint density at radius 1 is 1.67 bits per heavy atom. The zero-order valence-electron chi connectivity index (χ0n) is 9.04. The van der Waals surface area contributed by atoms with Crippen LogP contribution >= 0.6 is 27.3 Å². The first-order valence-electron chi connectivity index (χ1n) is 4.56. The SMILES string of the molecule is COCCN(C)C(=O)c1cc(C)c(Br)s1. The van der Waals surface area contributed by atoms with Gasteiger partial charge in [-0.3, -0.25) is 4.79 Å². The van der Waals surface area contributed by atoms with Crippen molar-refractivity contribution in [3.05, 3.63) is 20.3 Å². The predicted molar refractivity (Wildman–Crippen MR) is 65.6 cm³/mol. The van der Waals surface area contributed by atoms with Gasteiger partial charge in [-0.2, -0.15) is 0 Å². The van der Waals surface area contributed by atoms with Crippen LogP contribution in [-0.4, -0.2) is 38.1 Å². The number of halogens is 1. The van der Waals surface area contributed by atoms with Gasteiger partial charge in [-0.1, -0.05) is 0 Å². The molecule has 0 fully saturated rings. The second-order valence-corrected chi connectivity index (χ2v) is 5.66. The molecule has 0 radical (unpaired) electrons. The molecular weight excluding hydrogens is 278 g/mol. The maximum Gasteiger partial charge on any atom is 0.263 e. The fourth-order valence-electron chi connectivity index (χ4n) is 1.08. The van der Waals surface area contributed by atoms with Crippen LogP contribution in [0, 0.1) is 6.92 Å². The number of methoxy groups -OCH3 is 1. The number of aryl methyl sites for hydroxylation is 1. The Labute approximate surface area is 102 Å². The summed E-state index contributed by atoms with van der Waals surface area (Å²) in [7, 11) is 3.41. The van der Waals surface area contributed by atoms with Crippen LogP contribution in [0.4, 0.5) is 0 Å². The van der Waals surface area contributed by atoms with E-state index in [2.05, 4.69) is 15.9 Å². The van der Waals surface area contributed by atoms with E-state index in [1.165, 1.54) is 11.3 Å². The van der Waals surface area contributed by atoms with Crippen molar-refractivity contribution < 1.29 is 9.53 Å². The fourth-order valence-corrected chi connectivity index (χ4v) is 2.61. The molecule has 0 N–H and O–H groups in total. The van der Waals surface area contributed by atoms with E-state index in [0.29, 0.717) is 13.2 Å². The van der Waals surface area contributed by atoms with Gasteiger partial charge in [-0.25, -0.2) is 0 Å². The topological polar surface area (TPSA) is 29.5 Å². The van der Waals surface area contributed by atoms with Crippen molar-refractivity contribution >= 4 is 33.2 Å². The van der Waals surface area contributed by atoms with Gasteiger partial charge in [0.2, 0.25) is 0 Å². The average Bonchev–Trinajstić information content (AvgIpc) is 2.54. The smallest absolute Gasteiger partial charge is 0.263 e. The summed E-state index contributed by atoms with van der Waals surface area (Å²) in [4.78, 5) is 14.3. The predicted octanol–water partition coefficient (Wildman–Crippen LogP) is 2.54. The zero-order valence-corrected chi connectivity index (χ0v) is 11.4. The quantitative estimate of drug-likeness (QED) is 0.853. The van der Waals surface area contributed by atoms with Crippen molar-refractivity contribution in [2.45, 2.75) is 6.92 Å². The Balaban J connectivity index is 2.67. The maximum absolute atomic E-state index is 11.9. The number of nitrogens with zero attached hydrogens (tertiary/aromatic N) is 1. The summed E-state index contributed by atoms with van der Waals surface area (Å²) in [5.41, 5.74) is 1.10. The second kappa shape index (κ2) is 5.63. The molecule has 0 saturated carbocycles. The maximum atomic E-state index is 11.9. The minimum Gasteiger partial charge on any atom is -0.383 e. The molecule has 1 rings (SSSR count). The number of carbonyl (C=O) groups excluding carboxylic acids is 1. The lowest BCUT2D eigenvalue weighted by Crippen LogP contribution is -2.29. The first-order valence-corrected chi connectivity index (χ1v) is 6.17. The number of ether oxygens (including phenoxy) is 1. The summed E-state index contributed by atoms with van der Waals surface area (Å²) in [6, 6.07) is 1.90. The normalized spacial score (nSPS) is 10.4. The molecule has 0 aliphatic heterocycles. The number of thiophene rings is 1. The van der Waals surface area contributed by atoms with Gasteiger partial charge in [-0.15, -0.1) is 11.3 Å². The number of rotatable bonds is 4. The Morgan fingerprint density at radius 3 is 2.80 bits per heavy atom. The minimum absolute atomic E-state index is 0.0471. The van der Waals surface area contributed by atoms with E-state index < -0.39 is 0 Å². The van der Waals surface area contributed by atoms with Gasteiger partial charge in [-0.05, 0) is 34.5 Å².